The number of pyridine rings is 1. The summed E-state index contributed by atoms with van der Waals surface area (Å²) >= 11 is 0. The Morgan fingerprint density at radius 1 is 1.03 bits per heavy atom. The largest absolute Gasteiger partial charge is 0.324 e. The Hall–Kier alpha value is -3.47. The lowest BCUT2D eigenvalue weighted by molar-refractivity contribution is 0.0898. The number of urea groups is 1. The molecule has 0 aliphatic heterocycles. The number of fused-ring (bicyclic) bond motifs is 1. The second kappa shape index (κ2) is 8.27. The molecule has 2 aromatic carbocycles. The standard InChI is InChI=1S/C24H23N3O2/c1-2-16-8-9-18-14-17(10-12-21(18)23(16)28)19-11-13-22(25-15-19)27-24(29)26-20-6-4-3-5-7-20/h3-7,10-16H,2,8-9H2,1H3,(H2,25,26,27,29). The van der Waals surface area contributed by atoms with Gasteiger partial charge in [0.1, 0.15) is 5.82 Å². The van der Waals surface area contributed by atoms with Gasteiger partial charge in [-0.25, -0.2) is 9.78 Å². The lowest BCUT2D eigenvalue weighted by atomic mass is 9.80. The van der Waals surface area contributed by atoms with Crippen LogP contribution in [0.2, 0.25) is 0 Å². The van der Waals surface area contributed by atoms with Crippen molar-refractivity contribution in [3.8, 4) is 11.1 Å². The molecule has 1 heterocycles. The van der Waals surface area contributed by atoms with Crippen LogP contribution in [0.1, 0.15) is 35.7 Å². The van der Waals surface area contributed by atoms with Gasteiger partial charge in [0, 0.05) is 28.9 Å². The summed E-state index contributed by atoms with van der Waals surface area (Å²) in [6, 6.07) is 18.6. The van der Waals surface area contributed by atoms with Crippen molar-refractivity contribution >= 4 is 23.3 Å². The van der Waals surface area contributed by atoms with E-state index in [4.69, 9.17) is 0 Å². The maximum absolute atomic E-state index is 12.5. The van der Waals surface area contributed by atoms with E-state index in [1.807, 2.05) is 48.5 Å². The fourth-order valence-electron chi connectivity index (χ4n) is 3.73. The van der Waals surface area contributed by atoms with Crippen molar-refractivity contribution in [2.45, 2.75) is 26.2 Å². The second-order valence-electron chi connectivity index (χ2n) is 7.26. The van der Waals surface area contributed by atoms with Gasteiger partial charge in [-0.15, -0.1) is 0 Å². The number of anilines is 2. The number of carbonyl (C=O) groups is 2. The molecule has 1 atom stereocenters. The highest BCUT2D eigenvalue weighted by atomic mass is 16.2. The van der Waals surface area contributed by atoms with Crippen LogP contribution in [0.4, 0.5) is 16.3 Å². The number of rotatable bonds is 4. The molecule has 3 aromatic rings. The van der Waals surface area contributed by atoms with Crippen LogP contribution < -0.4 is 10.6 Å². The Bertz CT molecular complexity index is 1030. The molecule has 2 N–H and O–H groups in total. The van der Waals surface area contributed by atoms with Crippen molar-refractivity contribution in [2.75, 3.05) is 10.6 Å². The fourth-order valence-corrected chi connectivity index (χ4v) is 3.73. The molecule has 5 nitrogen and oxygen atoms in total. The van der Waals surface area contributed by atoms with Gasteiger partial charge in [0.2, 0.25) is 0 Å². The molecule has 0 saturated carbocycles. The minimum Gasteiger partial charge on any atom is -0.308 e. The Morgan fingerprint density at radius 3 is 2.55 bits per heavy atom. The first kappa shape index (κ1) is 18.9. The number of ketones is 1. The molecule has 4 rings (SSSR count). The molecule has 2 amide bonds. The predicted molar refractivity (Wildman–Crippen MR) is 115 cm³/mol. The molecule has 0 radical (unpaired) electrons. The number of carbonyl (C=O) groups excluding carboxylic acids is 2. The van der Waals surface area contributed by atoms with Gasteiger partial charge in [0.05, 0.1) is 0 Å². The van der Waals surface area contributed by atoms with Gasteiger partial charge in [-0.05, 0) is 54.7 Å². The van der Waals surface area contributed by atoms with E-state index in [0.29, 0.717) is 5.82 Å². The predicted octanol–water partition coefficient (Wildman–Crippen LogP) is 5.55. The summed E-state index contributed by atoms with van der Waals surface area (Å²) in [5, 5.41) is 5.49. The lowest BCUT2D eigenvalue weighted by Gasteiger charge is -2.22. The number of nitrogens with one attached hydrogen (secondary N) is 2. The first-order valence-electron chi connectivity index (χ1n) is 9.90. The summed E-state index contributed by atoms with van der Waals surface area (Å²) in [7, 11) is 0. The molecule has 1 unspecified atom stereocenters. The van der Waals surface area contributed by atoms with Gasteiger partial charge < -0.3 is 5.32 Å². The third kappa shape index (κ3) is 4.19. The molecule has 1 aliphatic rings. The van der Waals surface area contributed by atoms with E-state index in [1.165, 1.54) is 0 Å². The number of hydrogen-bond acceptors (Lipinski definition) is 3. The number of nitrogens with zero attached hydrogens (tertiary/aromatic N) is 1. The SMILES string of the molecule is CCC1CCc2cc(-c3ccc(NC(=O)Nc4ccccc4)nc3)ccc2C1=O. The molecule has 29 heavy (non-hydrogen) atoms. The van der Waals surface area contributed by atoms with Crippen molar-refractivity contribution in [1.29, 1.82) is 0 Å². The topological polar surface area (TPSA) is 71.1 Å². The number of aromatic nitrogens is 1. The molecule has 146 valence electrons. The number of hydrogen-bond donors (Lipinski definition) is 2. The molecule has 0 spiro atoms. The zero-order chi connectivity index (χ0) is 20.2. The maximum atomic E-state index is 12.5. The smallest absolute Gasteiger partial charge is 0.308 e. The third-order valence-electron chi connectivity index (χ3n) is 5.37. The molecular weight excluding hydrogens is 362 g/mol. The van der Waals surface area contributed by atoms with Crippen molar-refractivity contribution in [2.24, 2.45) is 5.92 Å². The van der Waals surface area contributed by atoms with Gasteiger partial charge in [0.15, 0.2) is 5.78 Å². The van der Waals surface area contributed by atoms with E-state index >= 15 is 0 Å². The molecule has 1 aromatic heterocycles. The number of para-hydroxylation sites is 1. The van der Waals surface area contributed by atoms with E-state index in [9.17, 15) is 9.59 Å². The molecule has 0 bridgehead atoms. The molecule has 1 aliphatic carbocycles. The zero-order valence-corrected chi connectivity index (χ0v) is 16.3. The minimum atomic E-state index is -0.339. The highest BCUT2D eigenvalue weighted by Gasteiger charge is 2.26. The van der Waals surface area contributed by atoms with Crippen molar-refractivity contribution < 1.29 is 9.59 Å². The van der Waals surface area contributed by atoms with E-state index in [-0.39, 0.29) is 17.7 Å². The lowest BCUT2D eigenvalue weighted by Crippen LogP contribution is -2.21. The van der Waals surface area contributed by atoms with E-state index < -0.39 is 0 Å². The van der Waals surface area contributed by atoms with Crippen molar-refractivity contribution in [3.05, 3.63) is 78.0 Å². The van der Waals surface area contributed by atoms with E-state index in [2.05, 4.69) is 28.6 Å². The van der Waals surface area contributed by atoms with Crippen LogP contribution in [-0.2, 0) is 6.42 Å². The van der Waals surface area contributed by atoms with Gasteiger partial charge >= 0.3 is 6.03 Å². The van der Waals surface area contributed by atoms with Gasteiger partial charge in [-0.3, -0.25) is 10.1 Å². The van der Waals surface area contributed by atoms with Crippen LogP contribution in [0.3, 0.4) is 0 Å². The quantitative estimate of drug-likeness (QED) is 0.619. The van der Waals surface area contributed by atoms with Crippen LogP contribution in [0.5, 0.6) is 0 Å². The van der Waals surface area contributed by atoms with Gasteiger partial charge in [-0.2, -0.15) is 0 Å². The maximum Gasteiger partial charge on any atom is 0.324 e. The van der Waals surface area contributed by atoms with Crippen molar-refractivity contribution in [3.63, 3.8) is 0 Å². The van der Waals surface area contributed by atoms with Crippen LogP contribution in [0, 0.1) is 5.92 Å². The Morgan fingerprint density at radius 2 is 1.83 bits per heavy atom. The second-order valence-corrected chi connectivity index (χ2v) is 7.26. The minimum absolute atomic E-state index is 0.155. The molecule has 0 fully saturated rings. The Labute approximate surface area is 170 Å². The van der Waals surface area contributed by atoms with Gasteiger partial charge in [-0.1, -0.05) is 43.3 Å². The molecular formula is C24H23N3O2. The van der Waals surface area contributed by atoms with E-state index in [0.717, 1.165) is 47.2 Å². The van der Waals surface area contributed by atoms with Crippen LogP contribution >= 0.6 is 0 Å². The van der Waals surface area contributed by atoms with Crippen LogP contribution in [-0.4, -0.2) is 16.8 Å². The summed E-state index contributed by atoms with van der Waals surface area (Å²) in [5.74, 6) is 0.894. The summed E-state index contributed by atoms with van der Waals surface area (Å²) in [5.41, 5.74) is 4.67. The Balaban J connectivity index is 1.46. The molecule has 0 saturated heterocycles. The first-order valence-corrected chi connectivity index (χ1v) is 9.90. The van der Waals surface area contributed by atoms with Gasteiger partial charge in [0.25, 0.3) is 0 Å². The number of amides is 2. The van der Waals surface area contributed by atoms with Crippen molar-refractivity contribution in [1.82, 2.24) is 4.98 Å². The average molecular weight is 385 g/mol. The summed E-state index contributed by atoms with van der Waals surface area (Å²) in [6.07, 6.45) is 4.49. The summed E-state index contributed by atoms with van der Waals surface area (Å²) < 4.78 is 0. The fraction of sp³-hybridized carbons (Fsp3) is 0.208. The van der Waals surface area contributed by atoms with Crippen LogP contribution in [0.15, 0.2) is 66.9 Å². The number of aryl methyl sites for hydroxylation is 1. The summed E-state index contributed by atoms with van der Waals surface area (Å²) in [4.78, 5) is 29.0. The average Bonchev–Trinajstić information content (AvgIpc) is 2.75. The normalized spacial score (nSPS) is 15.5. The molecule has 5 heteroatoms. The third-order valence-corrected chi connectivity index (χ3v) is 5.37. The highest BCUT2D eigenvalue weighted by molar-refractivity contribution is 6.01. The highest BCUT2D eigenvalue weighted by Crippen LogP contribution is 2.31. The Kier molecular flexibility index (Phi) is 5.38. The monoisotopic (exact) mass is 385 g/mol. The number of benzene rings is 2. The van der Waals surface area contributed by atoms with Crippen LogP contribution in [0.25, 0.3) is 11.1 Å². The summed E-state index contributed by atoms with van der Waals surface area (Å²) in [6.45, 7) is 2.07. The number of Topliss-reactive ketones (excluding diaryl/α,β-unsaturated/α-hetero) is 1. The zero-order valence-electron chi connectivity index (χ0n) is 16.3. The van der Waals surface area contributed by atoms with E-state index in [1.54, 1.807) is 12.3 Å². The first-order chi connectivity index (χ1) is 14.1.